The molecule has 1 heterocycles. The Kier molecular flexibility index (Phi) is 4.59. The van der Waals surface area contributed by atoms with Crippen LogP contribution in [0.5, 0.6) is 0 Å². The van der Waals surface area contributed by atoms with Crippen LogP contribution in [0.2, 0.25) is 0 Å². The van der Waals surface area contributed by atoms with Crippen molar-refractivity contribution < 1.29 is 0 Å². The molecule has 2 atom stereocenters. The van der Waals surface area contributed by atoms with Gasteiger partial charge in [0.2, 0.25) is 0 Å². The fourth-order valence-electron chi connectivity index (χ4n) is 2.71. The van der Waals surface area contributed by atoms with Crippen molar-refractivity contribution in [1.29, 1.82) is 0 Å². The van der Waals surface area contributed by atoms with E-state index in [1.54, 1.807) is 0 Å². The number of rotatable bonds is 2. The third-order valence-corrected chi connectivity index (χ3v) is 3.85. The Bertz CT molecular complexity index is 381. The molecular weight excluding hydrogens is 240 g/mol. The lowest BCUT2D eigenvalue weighted by Crippen LogP contribution is -2.47. The Morgan fingerprint density at radius 3 is 2.44 bits per heavy atom. The fraction of sp³-hybridized carbons (Fsp3) is 0.533. The van der Waals surface area contributed by atoms with Crippen LogP contribution in [0.15, 0.2) is 30.3 Å². The zero-order valence-corrected chi connectivity index (χ0v) is 12.0. The van der Waals surface area contributed by atoms with E-state index in [9.17, 15) is 0 Å². The van der Waals surface area contributed by atoms with Crippen LogP contribution in [0.1, 0.15) is 25.8 Å². The minimum absolute atomic E-state index is 0.741. The maximum atomic E-state index is 5.49. The topological polar surface area (TPSA) is 15.3 Å². The zero-order valence-electron chi connectivity index (χ0n) is 11.2. The van der Waals surface area contributed by atoms with E-state index in [1.165, 1.54) is 12.0 Å². The summed E-state index contributed by atoms with van der Waals surface area (Å²) in [4.78, 5) is 2.32. The van der Waals surface area contributed by atoms with Crippen LogP contribution in [0.4, 0.5) is 0 Å². The molecule has 1 aliphatic heterocycles. The highest BCUT2D eigenvalue weighted by atomic mass is 32.1. The molecule has 0 amide bonds. The third-order valence-electron chi connectivity index (χ3n) is 3.44. The number of benzene rings is 1. The van der Waals surface area contributed by atoms with Crippen molar-refractivity contribution in [2.24, 2.45) is 11.8 Å². The molecule has 1 N–H and O–H groups in total. The molecule has 1 aliphatic rings. The smallest absolute Gasteiger partial charge is 0.169 e. The van der Waals surface area contributed by atoms with Gasteiger partial charge in [0.1, 0.15) is 0 Å². The molecule has 2 nitrogen and oxygen atoms in total. The third kappa shape index (κ3) is 3.70. The summed E-state index contributed by atoms with van der Waals surface area (Å²) in [5, 5.41) is 4.27. The number of hydrogen-bond donors (Lipinski definition) is 1. The highest BCUT2D eigenvalue weighted by molar-refractivity contribution is 7.80. The first kappa shape index (κ1) is 13.3. The van der Waals surface area contributed by atoms with Crippen LogP contribution < -0.4 is 5.32 Å². The van der Waals surface area contributed by atoms with Gasteiger partial charge in [-0.1, -0.05) is 44.2 Å². The van der Waals surface area contributed by atoms with Crippen molar-refractivity contribution >= 4 is 17.3 Å². The summed E-state index contributed by atoms with van der Waals surface area (Å²) >= 11 is 5.49. The molecule has 1 saturated heterocycles. The lowest BCUT2D eigenvalue weighted by atomic mass is 9.92. The molecule has 0 aliphatic carbocycles. The monoisotopic (exact) mass is 262 g/mol. The first-order chi connectivity index (χ1) is 8.65. The number of thiocarbonyl (C=S) groups is 1. The SMILES string of the molecule is C[C@H]1C[C@H](C)CN(C(=S)NCc2ccccc2)C1. The van der Waals surface area contributed by atoms with E-state index < -0.39 is 0 Å². The highest BCUT2D eigenvalue weighted by Crippen LogP contribution is 2.20. The highest BCUT2D eigenvalue weighted by Gasteiger charge is 2.23. The number of hydrogen-bond acceptors (Lipinski definition) is 1. The predicted octanol–water partition coefficient (Wildman–Crippen LogP) is 3.04. The summed E-state index contributed by atoms with van der Waals surface area (Å²) < 4.78 is 0. The molecule has 0 unspecified atom stereocenters. The second-order valence-electron chi connectivity index (χ2n) is 5.50. The first-order valence-corrected chi connectivity index (χ1v) is 7.12. The lowest BCUT2D eigenvalue weighted by molar-refractivity contribution is 0.212. The van der Waals surface area contributed by atoms with E-state index >= 15 is 0 Å². The van der Waals surface area contributed by atoms with Crippen molar-refractivity contribution in [2.45, 2.75) is 26.8 Å². The molecule has 0 aromatic heterocycles. The maximum Gasteiger partial charge on any atom is 0.169 e. The average molecular weight is 262 g/mol. The molecule has 1 aromatic rings. The molecule has 1 aromatic carbocycles. The van der Waals surface area contributed by atoms with Gasteiger partial charge in [-0.3, -0.25) is 0 Å². The summed E-state index contributed by atoms with van der Waals surface area (Å²) in [5.41, 5.74) is 1.28. The van der Waals surface area contributed by atoms with E-state index in [4.69, 9.17) is 12.2 Å². The van der Waals surface area contributed by atoms with Crippen LogP contribution >= 0.6 is 12.2 Å². The number of likely N-dealkylation sites (tertiary alicyclic amines) is 1. The predicted molar refractivity (Wildman–Crippen MR) is 80.4 cm³/mol. The van der Waals surface area contributed by atoms with Crippen molar-refractivity contribution in [3.05, 3.63) is 35.9 Å². The maximum absolute atomic E-state index is 5.49. The zero-order chi connectivity index (χ0) is 13.0. The summed E-state index contributed by atoms with van der Waals surface area (Å²) in [6.07, 6.45) is 1.32. The molecule has 18 heavy (non-hydrogen) atoms. The van der Waals surface area contributed by atoms with Crippen molar-refractivity contribution in [1.82, 2.24) is 10.2 Å². The summed E-state index contributed by atoms with van der Waals surface area (Å²) in [6.45, 7) is 7.61. The van der Waals surface area contributed by atoms with Gasteiger partial charge in [-0.15, -0.1) is 0 Å². The van der Waals surface area contributed by atoms with Crippen LogP contribution in [0, 0.1) is 11.8 Å². The lowest BCUT2D eigenvalue weighted by Gasteiger charge is -2.36. The first-order valence-electron chi connectivity index (χ1n) is 6.72. The summed E-state index contributed by atoms with van der Waals surface area (Å²) in [7, 11) is 0. The standard InChI is InChI=1S/C15H22N2S/c1-12-8-13(2)11-17(10-12)15(18)16-9-14-6-4-3-5-7-14/h3-7,12-13H,8-11H2,1-2H3,(H,16,18)/t12-,13-/m0/s1. The van der Waals surface area contributed by atoms with Crippen LogP contribution in [-0.4, -0.2) is 23.1 Å². The molecular formula is C15H22N2S. The van der Waals surface area contributed by atoms with Gasteiger partial charge in [0.05, 0.1) is 0 Å². The van der Waals surface area contributed by atoms with E-state index in [2.05, 4.69) is 48.3 Å². The van der Waals surface area contributed by atoms with E-state index in [0.29, 0.717) is 0 Å². The quantitative estimate of drug-likeness (QED) is 0.825. The Morgan fingerprint density at radius 1 is 1.22 bits per heavy atom. The molecule has 0 saturated carbocycles. The molecule has 2 rings (SSSR count). The van der Waals surface area contributed by atoms with E-state index in [1.807, 2.05) is 6.07 Å². The van der Waals surface area contributed by atoms with Crippen molar-refractivity contribution in [3.63, 3.8) is 0 Å². The van der Waals surface area contributed by atoms with E-state index in [0.717, 1.165) is 36.6 Å². The second-order valence-corrected chi connectivity index (χ2v) is 5.88. The second kappa shape index (κ2) is 6.19. The van der Waals surface area contributed by atoms with Gasteiger partial charge in [-0.05, 0) is 36.0 Å². The normalized spacial score (nSPS) is 23.8. The molecule has 1 fully saturated rings. The summed E-state index contributed by atoms with van der Waals surface area (Å²) in [6, 6.07) is 10.4. The molecule has 3 heteroatoms. The Hall–Kier alpha value is -1.09. The Balaban J connectivity index is 1.84. The average Bonchev–Trinajstić information content (AvgIpc) is 2.36. The minimum atomic E-state index is 0.741. The minimum Gasteiger partial charge on any atom is -0.358 e. The Morgan fingerprint density at radius 2 is 1.83 bits per heavy atom. The van der Waals surface area contributed by atoms with E-state index in [-0.39, 0.29) is 0 Å². The molecule has 0 bridgehead atoms. The molecule has 0 radical (unpaired) electrons. The van der Waals surface area contributed by atoms with Gasteiger partial charge in [-0.2, -0.15) is 0 Å². The van der Waals surface area contributed by atoms with Gasteiger partial charge in [0, 0.05) is 19.6 Å². The molecule has 98 valence electrons. The van der Waals surface area contributed by atoms with Gasteiger partial charge in [-0.25, -0.2) is 0 Å². The van der Waals surface area contributed by atoms with Gasteiger partial charge in [0.25, 0.3) is 0 Å². The largest absolute Gasteiger partial charge is 0.358 e. The van der Waals surface area contributed by atoms with Crippen molar-refractivity contribution in [3.8, 4) is 0 Å². The van der Waals surface area contributed by atoms with Crippen LogP contribution in [-0.2, 0) is 6.54 Å². The number of nitrogens with zero attached hydrogens (tertiary/aromatic N) is 1. The van der Waals surface area contributed by atoms with Crippen LogP contribution in [0.3, 0.4) is 0 Å². The van der Waals surface area contributed by atoms with Crippen molar-refractivity contribution in [2.75, 3.05) is 13.1 Å². The molecule has 0 spiro atoms. The van der Waals surface area contributed by atoms with Gasteiger partial charge in [0.15, 0.2) is 5.11 Å². The fourth-order valence-corrected chi connectivity index (χ4v) is 2.94. The number of piperidine rings is 1. The Labute approximate surface area is 115 Å². The van der Waals surface area contributed by atoms with Gasteiger partial charge >= 0.3 is 0 Å². The summed E-state index contributed by atoms with van der Waals surface area (Å²) in [5.74, 6) is 1.48. The van der Waals surface area contributed by atoms with Gasteiger partial charge < -0.3 is 10.2 Å². The number of nitrogens with one attached hydrogen (secondary N) is 1. The van der Waals surface area contributed by atoms with Crippen LogP contribution in [0.25, 0.3) is 0 Å².